The molecule has 1 atom stereocenters. The minimum absolute atomic E-state index is 0.360. The van der Waals surface area contributed by atoms with E-state index in [0.29, 0.717) is 33.4 Å². The number of aliphatic hydroxyl groups is 1. The highest BCUT2D eigenvalue weighted by atomic mass is 16.6. The summed E-state index contributed by atoms with van der Waals surface area (Å²) in [6.45, 7) is 0. The number of benzene rings is 4. The lowest BCUT2D eigenvalue weighted by molar-refractivity contribution is -0.0218. The Morgan fingerprint density at radius 2 is 1.32 bits per heavy atom. The first kappa shape index (κ1) is 15.4. The molecule has 6 rings (SSSR count). The van der Waals surface area contributed by atoms with Gasteiger partial charge in [0.2, 0.25) is 6.29 Å². The van der Waals surface area contributed by atoms with Crippen LogP contribution in [0, 0.1) is 0 Å². The molecule has 1 aliphatic heterocycles. The Bertz CT molecular complexity index is 1480. The zero-order valence-electron chi connectivity index (χ0n) is 14.7. The van der Waals surface area contributed by atoms with Crippen LogP contribution in [0.25, 0.3) is 43.6 Å². The van der Waals surface area contributed by atoms with Gasteiger partial charge in [-0.2, -0.15) is 0 Å². The highest BCUT2D eigenvalue weighted by Gasteiger charge is 2.30. The first-order valence-corrected chi connectivity index (χ1v) is 9.06. The largest absolute Gasteiger partial charge is 0.456 e. The van der Waals surface area contributed by atoms with Crippen molar-refractivity contribution in [2.45, 2.75) is 6.29 Å². The standard InChI is InChI=1S/C24H14O4/c25-23-19-11-15-7-3-1-5-13(15)9-17(19)21-22(28-23)18-10-14-6-2-4-8-16(14)12-20(18)24(26)27-21/h1-12,23,25H. The van der Waals surface area contributed by atoms with Gasteiger partial charge >= 0.3 is 5.63 Å². The molecule has 4 nitrogen and oxygen atoms in total. The Morgan fingerprint density at radius 1 is 0.750 bits per heavy atom. The van der Waals surface area contributed by atoms with E-state index >= 15 is 0 Å². The third-order valence-electron chi connectivity index (χ3n) is 5.41. The topological polar surface area (TPSA) is 59.7 Å². The van der Waals surface area contributed by atoms with Crippen molar-refractivity contribution in [1.82, 2.24) is 0 Å². The fourth-order valence-electron chi connectivity index (χ4n) is 4.04. The second kappa shape index (κ2) is 5.44. The fraction of sp³-hybridized carbons (Fsp3) is 0.0417. The van der Waals surface area contributed by atoms with Gasteiger partial charge in [-0.05, 0) is 45.8 Å². The minimum atomic E-state index is -1.13. The van der Waals surface area contributed by atoms with Crippen LogP contribution < -0.4 is 10.4 Å². The summed E-state index contributed by atoms with van der Waals surface area (Å²) in [5.41, 5.74) is 0.854. The molecule has 0 bridgehead atoms. The summed E-state index contributed by atoms with van der Waals surface area (Å²) in [7, 11) is 0. The molecule has 134 valence electrons. The summed E-state index contributed by atoms with van der Waals surface area (Å²) in [5, 5.41) is 15.7. The van der Waals surface area contributed by atoms with E-state index in [9.17, 15) is 9.90 Å². The van der Waals surface area contributed by atoms with Crippen LogP contribution in [0.4, 0.5) is 0 Å². The van der Waals surface area contributed by atoms with Crippen LogP contribution in [0.1, 0.15) is 11.9 Å². The molecule has 0 fully saturated rings. The molecule has 28 heavy (non-hydrogen) atoms. The number of rotatable bonds is 0. The van der Waals surface area contributed by atoms with Crippen molar-refractivity contribution >= 4 is 32.3 Å². The summed E-state index contributed by atoms with van der Waals surface area (Å²) in [6.07, 6.45) is -1.13. The molecule has 0 aliphatic carbocycles. The molecule has 0 saturated heterocycles. The first-order valence-electron chi connectivity index (χ1n) is 9.06. The van der Waals surface area contributed by atoms with Gasteiger partial charge in [-0.25, -0.2) is 4.79 Å². The van der Waals surface area contributed by atoms with Gasteiger partial charge in [-0.3, -0.25) is 0 Å². The third-order valence-corrected chi connectivity index (χ3v) is 5.41. The molecule has 0 amide bonds. The molecule has 1 unspecified atom stereocenters. The molecule has 0 saturated carbocycles. The van der Waals surface area contributed by atoms with Gasteiger partial charge in [-0.1, -0.05) is 48.5 Å². The third kappa shape index (κ3) is 2.06. The van der Waals surface area contributed by atoms with Crippen LogP contribution in [-0.4, -0.2) is 5.11 Å². The van der Waals surface area contributed by atoms with Crippen LogP contribution in [0.15, 0.2) is 82.0 Å². The molecular weight excluding hydrogens is 352 g/mol. The number of aliphatic hydroxyl groups excluding tert-OH is 1. The molecule has 2 heterocycles. The molecule has 1 aliphatic rings. The number of hydrogen-bond acceptors (Lipinski definition) is 4. The summed E-state index contributed by atoms with van der Waals surface area (Å²) < 4.78 is 11.5. The van der Waals surface area contributed by atoms with Crippen LogP contribution in [0.3, 0.4) is 0 Å². The average molecular weight is 366 g/mol. The smallest absolute Gasteiger partial charge is 0.344 e. The van der Waals surface area contributed by atoms with Gasteiger partial charge in [0.05, 0.1) is 5.39 Å². The van der Waals surface area contributed by atoms with Crippen molar-refractivity contribution in [3.05, 3.63) is 88.8 Å². The van der Waals surface area contributed by atoms with E-state index in [2.05, 4.69) is 0 Å². The lowest BCUT2D eigenvalue weighted by Crippen LogP contribution is -2.16. The van der Waals surface area contributed by atoms with Gasteiger partial charge in [0.1, 0.15) is 0 Å². The summed E-state index contributed by atoms with van der Waals surface area (Å²) in [5.74, 6) is 0.759. The number of ether oxygens (including phenoxy) is 1. The highest BCUT2D eigenvalue weighted by Crippen LogP contribution is 2.46. The Labute approximate surface area is 159 Å². The van der Waals surface area contributed by atoms with Crippen LogP contribution in [-0.2, 0) is 0 Å². The zero-order chi connectivity index (χ0) is 18.8. The Kier molecular flexibility index (Phi) is 3.00. The minimum Gasteiger partial charge on any atom is -0.456 e. The molecule has 1 aromatic heterocycles. The van der Waals surface area contributed by atoms with Crippen LogP contribution in [0.2, 0.25) is 0 Å². The van der Waals surface area contributed by atoms with E-state index in [-0.39, 0.29) is 0 Å². The van der Waals surface area contributed by atoms with E-state index < -0.39 is 11.9 Å². The quantitative estimate of drug-likeness (QED) is 0.385. The molecule has 0 spiro atoms. The maximum atomic E-state index is 12.8. The Balaban J connectivity index is 1.75. The van der Waals surface area contributed by atoms with Crippen molar-refractivity contribution in [1.29, 1.82) is 0 Å². The first-order chi connectivity index (χ1) is 13.7. The molecule has 0 radical (unpaired) electrons. The van der Waals surface area contributed by atoms with E-state index in [1.54, 1.807) is 0 Å². The highest BCUT2D eigenvalue weighted by molar-refractivity contribution is 6.03. The molecule has 4 heteroatoms. The lowest BCUT2D eigenvalue weighted by atomic mass is 9.95. The molecular formula is C24H14O4. The average Bonchev–Trinajstić information content (AvgIpc) is 2.73. The fourth-order valence-corrected chi connectivity index (χ4v) is 4.04. The van der Waals surface area contributed by atoms with Crippen LogP contribution >= 0.6 is 0 Å². The monoisotopic (exact) mass is 366 g/mol. The Hall–Kier alpha value is -3.63. The van der Waals surface area contributed by atoms with Crippen molar-refractivity contribution in [2.24, 2.45) is 0 Å². The Morgan fingerprint density at radius 3 is 2.00 bits per heavy atom. The van der Waals surface area contributed by atoms with Crippen molar-refractivity contribution in [2.75, 3.05) is 0 Å². The van der Waals surface area contributed by atoms with Gasteiger partial charge < -0.3 is 14.3 Å². The normalized spacial score (nSPS) is 15.4. The van der Waals surface area contributed by atoms with Gasteiger partial charge in [0.25, 0.3) is 0 Å². The van der Waals surface area contributed by atoms with E-state index in [4.69, 9.17) is 9.15 Å². The SMILES string of the molecule is O=c1oc2c(c3cc4ccccc4cc13)OC(O)c1cc3ccccc3cc1-2. The zero-order valence-corrected chi connectivity index (χ0v) is 14.7. The lowest BCUT2D eigenvalue weighted by Gasteiger charge is -2.25. The molecule has 1 N–H and O–H groups in total. The van der Waals surface area contributed by atoms with Gasteiger partial charge in [-0.15, -0.1) is 0 Å². The summed E-state index contributed by atoms with van der Waals surface area (Å²) >= 11 is 0. The number of hydrogen-bond donors (Lipinski definition) is 1. The van der Waals surface area contributed by atoms with Crippen molar-refractivity contribution in [3.63, 3.8) is 0 Å². The maximum absolute atomic E-state index is 12.8. The summed E-state index contributed by atoms with van der Waals surface area (Å²) in [6, 6.07) is 23.2. The van der Waals surface area contributed by atoms with Crippen molar-refractivity contribution < 1.29 is 14.3 Å². The van der Waals surface area contributed by atoms with Crippen molar-refractivity contribution in [3.8, 4) is 17.1 Å². The van der Waals surface area contributed by atoms with E-state index in [1.165, 1.54) is 0 Å². The van der Waals surface area contributed by atoms with Crippen LogP contribution in [0.5, 0.6) is 5.75 Å². The summed E-state index contributed by atoms with van der Waals surface area (Å²) in [4.78, 5) is 12.8. The van der Waals surface area contributed by atoms with Gasteiger partial charge in [0, 0.05) is 16.5 Å². The van der Waals surface area contributed by atoms with Gasteiger partial charge in [0.15, 0.2) is 11.5 Å². The maximum Gasteiger partial charge on any atom is 0.344 e. The van der Waals surface area contributed by atoms with E-state index in [0.717, 1.165) is 21.5 Å². The van der Waals surface area contributed by atoms with E-state index in [1.807, 2.05) is 72.8 Å². The predicted molar refractivity (Wildman–Crippen MR) is 109 cm³/mol. The molecule has 4 aromatic carbocycles. The molecule has 5 aromatic rings. The number of fused-ring (bicyclic) bond motifs is 7. The predicted octanol–water partition coefficient (Wildman–Crippen LogP) is 5.15. The second-order valence-electron chi connectivity index (χ2n) is 7.05. The second-order valence-corrected chi connectivity index (χ2v) is 7.05.